The minimum absolute atomic E-state index is 0.102. The summed E-state index contributed by atoms with van der Waals surface area (Å²) in [4.78, 5) is 14.5. The van der Waals surface area contributed by atoms with Gasteiger partial charge in [-0.3, -0.25) is 4.68 Å². The third-order valence-electron chi connectivity index (χ3n) is 5.06. The van der Waals surface area contributed by atoms with Gasteiger partial charge < -0.3 is 15.3 Å². The Labute approximate surface area is 151 Å². The van der Waals surface area contributed by atoms with Gasteiger partial charge >= 0.3 is 6.03 Å². The molecule has 0 unspecified atom stereocenters. The number of hydrogen-bond donors (Lipinski definition) is 2. The summed E-state index contributed by atoms with van der Waals surface area (Å²) in [5, 5.41) is 16.6. The summed E-state index contributed by atoms with van der Waals surface area (Å²) in [5.74, 6) is 0.138. The van der Waals surface area contributed by atoms with Crippen LogP contribution in [0.2, 0.25) is 0 Å². The fraction of sp³-hybridized carbons (Fsp3) is 0.474. The second-order valence-corrected chi connectivity index (χ2v) is 7.36. The molecular weight excluding hydrogens is 335 g/mol. The number of halogens is 1. The number of rotatable bonds is 6. The first kappa shape index (κ1) is 17.0. The van der Waals surface area contributed by atoms with E-state index >= 15 is 0 Å². The fourth-order valence-electron chi connectivity index (χ4n) is 3.40. The molecule has 1 aromatic heterocycles. The molecule has 2 amide bonds. The predicted molar refractivity (Wildman–Crippen MR) is 95.2 cm³/mol. The largest absolute Gasteiger partial charge is 0.393 e. The Bertz CT molecular complexity index is 766. The van der Waals surface area contributed by atoms with Gasteiger partial charge in [0.1, 0.15) is 5.82 Å². The zero-order valence-electron chi connectivity index (χ0n) is 14.5. The molecule has 2 fully saturated rings. The summed E-state index contributed by atoms with van der Waals surface area (Å²) < 4.78 is 14.7. The van der Waals surface area contributed by atoms with Crippen molar-refractivity contribution in [2.75, 3.05) is 11.9 Å². The van der Waals surface area contributed by atoms with E-state index in [1.165, 1.54) is 12.1 Å². The van der Waals surface area contributed by atoms with Gasteiger partial charge in [0.25, 0.3) is 0 Å². The number of carbonyl (C=O) groups excluding carboxylic acids is 1. The van der Waals surface area contributed by atoms with Crippen molar-refractivity contribution in [1.82, 2.24) is 14.7 Å². The molecule has 2 aliphatic rings. The molecule has 0 bridgehead atoms. The lowest BCUT2D eigenvalue weighted by molar-refractivity contribution is 0.0296. The second kappa shape index (κ2) is 7.07. The molecule has 6 nitrogen and oxygen atoms in total. The standard InChI is InChI=1S/C19H23FN4O2/c20-15-3-1-13(2-4-15)10-23-12-16(9-21-23)22-19(26)24(17-5-6-17)11-14-7-18(25)8-14/h1-4,9,12,14,17-18,25H,5-8,10-11H2,(H,22,26). The van der Waals surface area contributed by atoms with Crippen molar-refractivity contribution in [2.24, 2.45) is 5.92 Å². The van der Waals surface area contributed by atoms with Crippen LogP contribution in [0.5, 0.6) is 0 Å². The fourth-order valence-corrected chi connectivity index (χ4v) is 3.40. The van der Waals surface area contributed by atoms with Gasteiger partial charge in [-0.15, -0.1) is 0 Å². The number of anilines is 1. The number of carbonyl (C=O) groups is 1. The second-order valence-electron chi connectivity index (χ2n) is 7.36. The number of benzene rings is 1. The number of nitrogens with one attached hydrogen (secondary N) is 1. The van der Waals surface area contributed by atoms with E-state index in [4.69, 9.17) is 0 Å². The van der Waals surface area contributed by atoms with Gasteiger partial charge in [0.05, 0.1) is 24.5 Å². The van der Waals surface area contributed by atoms with Gasteiger partial charge in [-0.05, 0) is 49.3 Å². The average Bonchev–Trinajstić information content (AvgIpc) is 3.33. The lowest BCUT2D eigenvalue weighted by Gasteiger charge is -2.35. The van der Waals surface area contributed by atoms with Gasteiger partial charge in [0, 0.05) is 18.8 Å². The van der Waals surface area contributed by atoms with E-state index in [0.717, 1.165) is 31.2 Å². The highest BCUT2D eigenvalue weighted by Gasteiger charge is 2.37. The van der Waals surface area contributed by atoms with Crippen LogP contribution in [0, 0.1) is 11.7 Å². The molecule has 2 aliphatic carbocycles. The summed E-state index contributed by atoms with van der Waals surface area (Å²) in [6, 6.07) is 6.50. The van der Waals surface area contributed by atoms with Crippen LogP contribution < -0.4 is 5.32 Å². The SMILES string of the molecule is O=C(Nc1cnn(Cc2ccc(F)cc2)c1)N(CC1CC(O)C1)C1CC1. The van der Waals surface area contributed by atoms with Crippen LogP contribution >= 0.6 is 0 Å². The van der Waals surface area contributed by atoms with Crippen LogP contribution in [0.15, 0.2) is 36.7 Å². The topological polar surface area (TPSA) is 70.4 Å². The number of nitrogens with zero attached hydrogens (tertiary/aromatic N) is 3. The smallest absolute Gasteiger partial charge is 0.322 e. The average molecular weight is 358 g/mol. The zero-order valence-corrected chi connectivity index (χ0v) is 14.5. The molecule has 0 spiro atoms. The Morgan fingerprint density at radius 1 is 1.31 bits per heavy atom. The molecule has 26 heavy (non-hydrogen) atoms. The molecule has 2 N–H and O–H groups in total. The van der Waals surface area contributed by atoms with Crippen LogP contribution in [-0.2, 0) is 6.54 Å². The minimum atomic E-state index is -0.263. The number of hydrogen-bond acceptors (Lipinski definition) is 3. The van der Waals surface area contributed by atoms with E-state index in [-0.39, 0.29) is 18.0 Å². The maximum absolute atomic E-state index is 13.0. The van der Waals surface area contributed by atoms with Crippen molar-refractivity contribution in [2.45, 2.75) is 44.4 Å². The lowest BCUT2D eigenvalue weighted by Crippen LogP contribution is -2.44. The molecule has 2 saturated carbocycles. The van der Waals surface area contributed by atoms with Crippen molar-refractivity contribution in [3.8, 4) is 0 Å². The monoisotopic (exact) mass is 358 g/mol. The number of aliphatic hydroxyl groups excluding tert-OH is 1. The Morgan fingerprint density at radius 2 is 2.04 bits per heavy atom. The number of amides is 2. The first-order valence-electron chi connectivity index (χ1n) is 9.09. The Morgan fingerprint density at radius 3 is 2.69 bits per heavy atom. The van der Waals surface area contributed by atoms with Crippen molar-refractivity contribution in [3.05, 3.63) is 48.0 Å². The van der Waals surface area contributed by atoms with Gasteiger partial charge in [-0.1, -0.05) is 12.1 Å². The molecule has 0 radical (unpaired) electrons. The van der Waals surface area contributed by atoms with Crippen molar-refractivity contribution < 1.29 is 14.3 Å². The van der Waals surface area contributed by atoms with E-state index in [9.17, 15) is 14.3 Å². The van der Waals surface area contributed by atoms with Crippen molar-refractivity contribution >= 4 is 11.7 Å². The quantitative estimate of drug-likeness (QED) is 0.834. The number of aromatic nitrogens is 2. The molecule has 0 atom stereocenters. The van der Waals surface area contributed by atoms with Crippen LogP contribution in [-0.4, -0.2) is 44.5 Å². The van der Waals surface area contributed by atoms with Crippen LogP contribution in [0.25, 0.3) is 0 Å². The summed E-state index contributed by atoms with van der Waals surface area (Å²) >= 11 is 0. The van der Waals surface area contributed by atoms with Crippen LogP contribution in [0.4, 0.5) is 14.9 Å². The number of urea groups is 1. The van der Waals surface area contributed by atoms with Gasteiger partial charge in [0.2, 0.25) is 0 Å². The molecule has 0 aliphatic heterocycles. The zero-order chi connectivity index (χ0) is 18.1. The predicted octanol–water partition coefficient (Wildman–Crippen LogP) is 2.84. The Balaban J connectivity index is 1.34. The van der Waals surface area contributed by atoms with E-state index in [1.807, 2.05) is 4.90 Å². The van der Waals surface area contributed by atoms with E-state index < -0.39 is 0 Å². The molecule has 4 rings (SSSR count). The summed E-state index contributed by atoms with van der Waals surface area (Å²) in [6.07, 6.45) is 6.87. The highest BCUT2D eigenvalue weighted by Crippen LogP contribution is 2.33. The molecule has 0 saturated heterocycles. The van der Waals surface area contributed by atoms with Crippen molar-refractivity contribution in [3.63, 3.8) is 0 Å². The highest BCUT2D eigenvalue weighted by molar-refractivity contribution is 5.89. The molecule has 1 aromatic carbocycles. The van der Waals surface area contributed by atoms with Gasteiger partial charge in [-0.2, -0.15) is 5.10 Å². The van der Waals surface area contributed by atoms with E-state index in [2.05, 4.69) is 10.4 Å². The van der Waals surface area contributed by atoms with Crippen LogP contribution in [0.3, 0.4) is 0 Å². The third-order valence-corrected chi connectivity index (χ3v) is 5.06. The van der Waals surface area contributed by atoms with Gasteiger partial charge in [0.15, 0.2) is 0 Å². The molecule has 7 heteroatoms. The first-order valence-corrected chi connectivity index (χ1v) is 9.09. The Hall–Kier alpha value is -2.41. The lowest BCUT2D eigenvalue weighted by atomic mass is 9.82. The minimum Gasteiger partial charge on any atom is -0.393 e. The van der Waals surface area contributed by atoms with Crippen LogP contribution in [0.1, 0.15) is 31.2 Å². The third kappa shape index (κ3) is 4.04. The maximum Gasteiger partial charge on any atom is 0.322 e. The summed E-state index contributed by atoms with van der Waals surface area (Å²) in [7, 11) is 0. The maximum atomic E-state index is 13.0. The summed E-state index contributed by atoms with van der Waals surface area (Å²) in [6.45, 7) is 1.22. The van der Waals surface area contributed by atoms with E-state index in [0.29, 0.717) is 30.7 Å². The Kier molecular flexibility index (Phi) is 4.63. The van der Waals surface area contributed by atoms with Crippen molar-refractivity contribution in [1.29, 1.82) is 0 Å². The molecular formula is C19H23FN4O2. The van der Waals surface area contributed by atoms with Gasteiger partial charge in [-0.25, -0.2) is 9.18 Å². The molecule has 2 aromatic rings. The normalized spacial score (nSPS) is 21.9. The number of aliphatic hydroxyl groups is 1. The molecule has 1 heterocycles. The highest BCUT2D eigenvalue weighted by atomic mass is 19.1. The molecule has 138 valence electrons. The first-order chi connectivity index (χ1) is 12.6. The van der Waals surface area contributed by atoms with E-state index in [1.54, 1.807) is 29.2 Å². The summed E-state index contributed by atoms with van der Waals surface area (Å²) in [5.41, 5.74) is 1.59.